The van der Waals surface area contributed by atoms with E-state index < -0.39 is 0 Å². The summed E-state index contributed by atoms with van der Waals surface area (Å²) in [7, 11) is 0. The Morgan fingerprint density at radius 3 is 2.87 bits per heavy atom. The topological polar surface area (TPSA) is 83.2 Å². The van der Waals surface area contributed by atoms with E-state index in [4.69, 9.17) is 10.1 Å². The molecular weight excluding hydrogens is 308 g/mol. The highest BCUT2D eigenvalue weighted by Gasteiger charge is 2.23. The maximum Gasteiger partial charge on any atom is 0.131 e. The molecule has 122 valence electrons. The average molecular weight is 330 g/mol. The number of fused-ring (bicyclic) bond motifs is 2. The quantitative estimate of drug-likeness (QED) is 0.648. The Labute approximate surface area is 140 Å². The molecule has 1 aliphatic heterocycles. The molecule has 1 fully saturated rings. The zero-order valence-corrected chi connectivity index (χ0v) is 13.9. The lowest BCUT2D eigenvalue weighted by atomic mass is 10.0. The number of nitrogens with two attached hydrogens (primary N) is 1. The molecule has 0 atom stereocenters. The molecule has 0 saturated carbocycles. The second kappa shape index (κ2) is 6.19. The van der Waals surface area contributed by atoms with Gasteiger partial charge in [-0.25, -0.2) is 0 Å². The molecule has 0 spiro atoms. The van der Waals surface area contributed by atoms with Gasteiger partial charge in [0.15, 0.2) is 0 Å². The highest BCUT2D eigenvalue weighted by atomic mass is 32.2. The molecule has 0 bridgehead atoms. The average Bonchev–Trinajstić information content (AvgIpc) is 3.04. The number of aromatic hydroxyl groups is 1. The number of phenolic OH excluding ortho intramolecular Hbond substituents is 1. The first-order valence-electron chi connectivity index (χ1n) is 8.28. The molecule has 1 aromatic heterocycles. The Bertz CT molecular complexity index is 738. The first kappa shape index (κ1) is 15.1. The molecule has 2 aromatic rings. The van der Waals surface area contributed by atoms with Crippen molar-refractivity contribution in [3.63, 3.8) is 0 Å². The Morgan fingerprint density at radius 1 is 1.26 bits per heavy atom. The molecule has 5 nitrogen and oxygen atoms in total. The van der Waals surface area contributed by atoms with Gasteiger partial charge in [0.2, 0.25) is 0 Å². The lowest BCUT2D eigenvalue weighted by molar-refractivity contribution is 0.463. The highest BCUT2D eigenvalue weighted by Crippen LogP contribution is 2.39. The van der Waals surface area contributed by atoms with Crippen LogP contribution in [0.1, 0.15) is 30.5 Å². The van der Waals surface area contributed by atoms with Gasteiger partial charge >= 0.3 is 0 Å². The monoisotopic (exact) mass is 330 g/mol. The molecule has 0 radical (unpaired) electrons. The first-order valence-corrected chi connectivity index (χ1v) is 9.16. The molecule has 0 amide bonds. The van der Waals surface area contributed by atoms with E-state index in [2.05, 4.69) is 10.6 Å². The van der Waals surface area contributed by atoms with Crippen molar-refractivity contribution in [3.8, 4) is 5.75 Å². The standard InChI is InChI=1S/C17H22N4OS/c18-23-16-9-14-12(8-15(16)22)17(11-2-1-3-13(11)21-14)20-10-4-6-19-7-5-10/h8-10,19,22H,1-7,18H2,(H,20,21). The first-order chi connectivity index (χ1) is 11.3. The minimum absolute atomic E-state index is 0.234. The zero-order chi connectivity index (χ0) is 15.8. The van der Waals surface area contributed by atoms with Gasteiger partial charge < -0.3 is 15.7 Å². The van der Waals surface area contributed by atoms with Crippen molar-refractivity contribution in [3.05, 3.63) is 23.4 Å². The van der Waals surface area contributed by atoms with Crippen LogP contribution >= 0.6 is 11.9 Å². The lowest BCUT2D eigenvalue weighted by Gasteiger charge is -2.26. The number of aryl methyl sites for hydroxylation is 1. The van der Waals surface area contributed by atoms with Crippen molar-refractivity contribution in [2.45, 2.75) is 43.0 Å². The second-order valence-electron chi connectivity index (χ2n) is 6.39. The third-order valence-corrected chi connectivity index (χ3v) is 5.49. The summed E-state index contributed by atoms with van der Waals surface area (Å²) in [6.07, 6.45) is 5.52. The van der Waals surface area contributed by atoms with Crippen LogP contribution in [0.3, 0.4) is 0 Å². The van der Waals surface area contributed by atoms with Gasteiger partial charge in [0.1, 0.15) is 5.75 Å². The number of phenols is 1. The number of hydrogen-bond acceptors (Lipinski definition) is 6. The van der Waals surface area contributed by atoms with Crippen LogP contribution in [0, 0.1) is 0 Å². The summed E-state index contributed by atoms with van der Waals surface area (Å²) < 4.78 is 0. The lowest BCUT2D eigenvalue weighted by Crippen LogP contribution is -2.35. The van der Waals surface area contributed by atoms with Crippen molar-refractivity contribution in [1.29, 1.82) is 0 Å². The summed E-state index contributed by atoms with van der Waals surface area (Å²) in [5.41, 5.74) is 4.64. The van der Waals surface area contributed by atoms with Crippen LogP contribution in [0.25, 0.3) is 10.9 Å². The SMILES string of the molecule is NSc1cc2nc3c(c(NC4CCNCC4)c2cc1O)CCC3. The van der Waals surface area contributed by atoms with Gasteiger partial charge in [0.25, 0.3) is 0 Å². The van der Waals surface area contributed by atoms with Crippen molar-refractivity contribution in [2.75, 3.05) is 18.4 Å². The van der Waals surface area contributed by atoms with Crippen LogP contribution in [0.2, 0.25) is 0 Å². The van der Waals surface area contributed by atoms with Gasteiger partial charge in [-0.05, 0) is 74.8 Å². The van der Waals surface area contributed by atoms with Crippen LogP contribution < -0.4 is 15.8 Å². The molecule has 6 heteroatoms. The number of nitrogens with one attached hydrogen (secondary N) is 2. The van der Waals surface area contributed by atoms with Gasteiger partial charge in [0.05, 0.1) is 10.4 Å². The van der Waals surface area contributed by atoms with Gasteiger partial charge in [-0.2, -0.15) is 0 Å². The van der Waals surface area contributed by atoms with E-state index in [1.165, 1.54) is 16.9 Å². The summed E-state index contributed by atoms with van der Waals surface area (Å²) >= 11 is 1.07. The van der Waals surface area contributed by atoms with E-state index in [1.807, 2.05) is 12.1 Å². The van der Waals surface area contributed by atoms with Crippen molar-refractivity contribution in [1.82, 2.24) is 10.3 Å². The van der Waals surface area contributed by atoms with Gasteiger partial charge in [-0.1, -0.05) is 0 Å². The molecule has 5 N–H and O–H groups in total. The van der Waals surface area contributed by atoms with Crippen LogP contribution in [0.15, 0.2) is 17.0 Å². The van der Waals surface area contributed by atoms with Gasteiger partial charge in [-0.15, -0.1) is 0 Å². The molecule has 1 aromatic carbocycles. The highest BCUT2D eigenvalue weighted by molar-refractivity contribution is 7.97. The smallest absolute Gasteiger partial charge is 0.131 e. The number of nitrogens with zero attached hydrogens (tertiary/aromatic N) is 1. The number of anilines is 1. The normalized spacial score (nSPS) is 18.3. The number of aromatic nitrogens is 1. The Hall–Kier alpha value is -1.50. The Balaban J connectivity index is 1.84. The third-order valence-electron chi connectivity index (χ3n) is 4.91. The van der Waals surface area contributed by atoms with E-state index in [9.17, 15) is 5.11 Å². The van der Waals surface area contributed by atoms with Crippen molar-refractivity contribution in [2.24, 2.45) is 5.14 Å². The molecular formula is C17H22N4OS. The zero-order valence-electron chi connectivity index (χ0n) is 13.1. The molecule has 0 unspecified atom stereocenters. The number of pyridine rings is 1. The second-order valence-corrected chi connectivity index (χ2v) is 7.06. The Morgan fingerprint density at radius 2 is 2.09 bits per heavy atom. The molecule has 2 heterocycles. The number of hydrogen-bond donors (Lipinski definition) is 4. The van der Waals surface area contributed by atoms with Crippen molar-refractivity contribution >= 4 is 28.5 Å². The summed E-state index contributed by atoms with van der Waals surface area (Å²) in [5, 5.41) is 24.0. The number of piperidine rings is 1. The van der Waals surface area contributed by atoms with Crippen LogP contribution in [0.5, 0.6) is 5.75 Å². The third kappa shape index (κ3) is 2.75. The van der Waals surface area contributed by atoms with Crippen LogP contribution in [-0.2, 0) is 12.8 Å². The molecule has 2 aliphatic rings. The summed E-state index contributed by atoms with van der Waals surface area (Å²) in [6, 6.07) is 4.21. The fraction of sp³-hybridized carbons (Fsp3) is 0.471. The van der Waals surface area contributed by atoms with Crippen molar-refractivity contribution < 1.29 is 5.11 Å². The van der Waals surface area contributed by atoms with Crippen LogP contribution in [-0.4, -0.2) is 29.2 Å². The van der Waals surface area contributed by atoms with E-state index in [1.54, 1.807) is 0 Å². The molecule has 1 saturated heterocycles. The van der Waals surface area contributed by atoms with E-state index in [0.717, 1.165) is 68.0 Å². The minimum atomic E-state index is 0.234. The van der Waals surface area contributed by atoms with E-state index in [0.29, 0.717) is 10.9 Å². The fourth-order valence-electron chi connectivity index (χ4n) is 3.71. The molecule has 1 aliphatic carbocycles. The van der Waals surface area contributed by atoms with Gasteiger partial charge in [-0.3, -0.25) is 10.1 Å². The summed E-state index contributed by atoms with van der Waals surface area (Å²) in [5.74, 6) is 0.234. The summed E-state index contributed by atoms with van der Waals surface area (Å²) in [4.78, 5) is 5.50. The minimum Gasteiger partial charge on any atom is -0.507 e. The fourth-order valence-corrected chi connectivity index (χ4v) is 4.07. The largest absolute Gasteiger partial charge is 0.507 e. The summed E-state index contributed by atoms with van der Waals surface area (Å²) in [6.45, 7) is 2.12. The van der Waals surface area contributed by atoms with Crippen LogP contribution in [0.4, 0.5) is 5.69 Å². The number of rotatable bonds is 3. The molecule has 23 heavy (non-hydrogen) atoms. The number of benzene rings is 1. The predicted octanol–water partition coefficient (Wildman–Crippen LogP) is 2.56. The Kier molecular flexibility index (Phi) is 4.05. The predicted molar refractivity (Wildman–Crippen MR) is 95.0 cm³/mol. The van der Waals surface area contributed by atoms with E-state index >= 15 is 0 Å². The van der Waals surface area contributed by atoms with E-state index in [-0.39, 0.29) is 5.75 Å². The van der Waals surface area contributed by atoms with Gasteiger partial charge in [0, 0.05) is 22.8 Å². The maximum atomic E-state index is 10.2. The maximum absolute atomic E-state index is 10.2. The molecule has 4 rings (SSSR count).